The lowest BCUT2D eigenvalue weighted by Gasteiger charge is -2.24. The smallest absolute Gasteiger partial charge is 0.223 e. The van der Waals surface area contributed by atoms with E-state index in [9.17, 15) is 4.79 Å². The average Bonchev–Trinajstić information content (AvgIpc) is 3.28. The molecule has 1 saturated carbocycles. The van der Waals surface area contributed by atoms with Crippen LogP contribution in [0.1, 0.15) is 61.2 Å². The molecule has 1 heterocycles. The lowest BCUT2D eigenvalue weighted by molar-refractivity contribution is -0.133. The molecule has 0 radical (unpaired) electrons. The summed E-state index contributed by atoms with van der Waals surface area (Å²) >= 11 is 0. The highest BCUT2D eigenvalue weighted by atomic mass is 16.2. The fraction of sp³-hybridized carbons (Fsp3) is 0.545. The summed E-state index contributed by atoms with van der Waals surface area (Å²) < 4.78 is 2.20. The second kappa shape index (κ2) is 7.65. The molecule has 140 valence electrons. The molecule has 3 rings (SSSR count). The fourth-order valence-electron chi connectivity index (χ4n) is 3.69. The standard InChI is InChI=1S/C22H31N3O/c1-15(2)10-22(26)25(19-6-7-19)14-21-23-8-9-24(21)13-20-17(4)11-16(3)12-18(20)5/h8-9,11-12,15,19H,6-7,10,13-14H2,1-5H3. The van der Waals surface area contributed by atoms with Gasteiger partial charge in [0.05, 0.1) is 6.54 Å². The quantitative estimate of drug-likeness (QED) is 0.740. The topological polar surface area (TPSA) is 38.1 Å². The Morgan fingerprint density at radius 1 is 1.23 bits per heavy atom. The van der Waals surface area contributed by atoms with E-state index in [-0.39, 0.29) is 5.91 Å². The van der Waals surface area contributed by atoms with Gasteiger partial charge in [0, 0.05) is 31.4 Å². The van der Waals surface area contributed by atoms with Crippen molar-refractivity contribution in [3.05, 3.63) is 52.6 Å². The van der Waals surface area contributed by atoms with E-state index in [2.05, 4.69) is 56.3 Å². The van der Waals surface area contributed by atoms with E-state index in [1.54, 1.807) is 0 Å². The van der Waals surface area contributed by atoms with Crippen LogP contribution in [0.2, 0.25) is 0 Å². The monoisotopic (exact) mass is 353 g/mol. The van der Waals surface area contributed by atoms with Gasteiger partial charge in [0.2, 0.25) is 5.91 Å². The highest BCUT2D eigenvalue weighted by molar-refractivity contribution is 5.77. The molecule has 0 saturated heterocycles. The zero-order valence-corrected chi connectivity index (χ0v) is 16.7. The van der Waals surface area contributed by atoms with Gasteiger partial charge in [-0.2, -0.15) is 0 Å². The first kappa shape index (κ1) is 18.7. The molecule has 1 fully saturated rings. The van der Waals surface area contributed by atoms with Crippen molar-refractivity contribution < 1.29 is 4.79 Å². The molecular formula is C22H31N3O. The van der Waals surface area contributed by atoms with E-state index in [0.717, 1.165) is 25.2 Å². The van der Waals surface area contributed by atoms with E-state index in [1.807, 2.05) is 17.3 Å². The van der Waals surface area contributed by atoms with Gasteiger partial charge in [-0.1, -0.05) is 31.5 Å². The zero-order chi connectivity index (χ0) is 18.8. The molecule has 1 aromatic carbocycles. The molecule has 0 atom stereocenters. The third-order valence-electron chi connectivity index (χ3n) is 5.17. The average molecular weight is 354 g/mol. The third kappa shape index (κ3) is 4.35. The van der Waals surface area contributed by atoms with E-state index in [1.165, 1.54) is 22.3 Å². The number of carbonyl (C=O) groups is 1. The Morgan fingerprint density at radius 2 is 1.88 bits per heavy atom. The Labute approximate surface area is 157 Å². The summed E-state index contributed by atoms with van der Waals surface area (Å²) in [6, 6.07) is 4.89. The van der Waals surface area contributed by atoms with Crippen LogP contribution < -0.4 is 0 Å². The van der Waals surface area contributed by atoms with Crippen molar-refractivity contribution in [3.8, 4) is 0 Å². The van der Waals surface area contributed by atoms with Crippen LogP contribution in [0.4, 0.5) is 0 Å². The van der Waals surface area contributed by atoms with E-state index < -0.39 is 0 Å². The predicted octanol–water partition coefficient (Wildman–Crippen LogP) is 4.39. The number of aryl methyl sites for hydroxylation is 3. The molecule has 2 aromatic rings. The minimum absolute atomic E-state index is 0.264. The molecule has 0 spiro atoms. The van der Waals surface area contributed by atoms with Crippen molar-refractivity contribution in [1.29, 1.82) is 0 Å². The van der Waals surface area contributed by atoms with Crippen molar-refractivity contribution in [2.75, 3.05) is 0 Å². The summed E-state index contributed by atoms with van der Waals surface area (Å²) in [7, 11) is 0. The minimum atomic E-state index is 0.264. The minimum Gasteiger partial charge on any atom is -0.332 e. The van der Waals surface area contributed by atoms with Gasteiger partial charge in [-0.25, -0.2) is 4.98 Å². The SMILES string of the molecule is Cc1cc(C)c(Cn2ccnc2CN(C(=O)CC(C)C)C2CC2)c(C)c1. The summed E-state index contributed by atoms with van der Waals surface area (Å²) in [5.74, 6) is 1.63. The highest BCUT2D eigenvalue weighted by Crippen LogP contribution is 2.29. The molecule has 1 amide bonds. The molecule has 4 heteroatoms. The molecule has 26 heavy (non-hydrogen) atoms. The van der Waals surface area contributed by atoms with Crippen molar-refractivity contribution in [2.24, 2.45) is 5.92 Å². The molecule has 0 aliphatic heterocycles. The van der Waals surface area contributed by atoms with Gasteiger partial charge in [-0.3, -0.25) is 4.79 Å². The Kier molecular flexibility index (Phi) is 5.49. The maximum Gasteiger partial charge on any atom is 0.223 e. The lowest BCUT2D eigenvalue weighted by atomic mass is 10.00. The molecule has 0 bridgehead atoms. The number of nitrogens with zero attached hydrogens (tertiary/aromatic N) is 3. The molecular weight excluding hydrogens is 322 g/mol. The summed E-state index contributed by atoms with van der Waals surface area (Å²) in [4.78, 5) is 19.3. The number of hydrogen-bond donors (Lipinski definition) is 0. The number of imidazole rings is 1. The molecule has 4 nitrogen and oxygen atoms in total. The van der Waals surface area contributed by atoms with Crippen LogP contribution in [0.3, 0.4) is 0 Å². The van der Waals surface area contributed by atoms with Crippen LogP contribution in [-0.2, 0) is 17.9 Å². The second-order valence-electron chi connectivity index (χ2n) is 8.20. The van der Waals surface area contributed by atoms with Crippen molar-refractivity contribution in [2.45, 2.75) is 73.0 Å². The largest absolute Gasteiger partial charge is 0.332 e. The van der Waals surface area contributed by atoms with Crippen LogP contribution >= 0.6 is 0 Å². The van der Waals surface area contributed by atoms with Crippen molar-refractivity contribution in [1.82, 2.24) is 14.5 Å². The first-order chi connectivity index (χ1) is 12.3. The molecule has 1 aliphatic carbocycles. The Bertz CT molecular complexity index is 763. The zero-order valence-electron chi connectivity index (χ0n) is 16.7. The predicted molar refractivity (Wildman–Crippen MR) is 105 cm³/mol. The second-order valence-corrected chi connectivity index (χ2v) is 8.20. The van der Waals surface area contributed by atoms with Gasteiger partial charge in [0.15, 0.2) is 0 Å². The van der Waals surface area contributed by atoms with Crippen molar-refractivity contribution in [3.63, 3.8) is 0 Å². The number of rotatable bonds is 7. The maximum atomic E-state index is 12.7. The van der Waals surface area contributed by atoms with Crippen LogP contribution in [0.5, 0.6) is 0 Å². The Balaban J connectivity index is 1.79. The first-order valence-corrected chi connectivity index (χ1v) is 9.71. The number of aromatic nitrogens is 2. The van der Waals surface area contributed by atoms with E-state index >= 15 is 0 Å². The first-order valence-electron chi connectivity index (χ1n) is 9.71. The van der Waals surface area contributed by atoms with E-state index in [4.69, 9.17) is 0 Å². The fourth-order valence-corrected chi connectivity index (χ4v) is 3.69. The van der Waals surface area contributed by atoms with Gasteiger partial charge >= 0.3 is 0 Å². The Morgan fingerprint density at radius 3 is 2.46 bits per heavy atom. The van der Waals surface area contributed by atoms with Crippen LogP contribution in [-0.4, -0.2) is 26.4 Å². The molecule has 0 unspecified atom stereocenters. The van der Waals surface area contributed by atoms with Gasteiger partial charge < -0.3 is 9.47 Å². The Hall–Kier alpha value is -2.10. The number of benzene rings is 1. The normalized spacial score (nSPS) is 14.1. The molecule has 0 N–H and O–H groups in total. The number of amides is 1. The van der Waals surface area contributed by atoms with Gasteiger partial charge in [-0.05, 0) is 56.2 Å². The number of hydrogen-bond acceptors (Lipinski definition) is 2. The summed E-state index contributed by atoms with van der Waals surface area (Å²) in [5.41, 5.74) is 5.28. The summed E-state index contributed by atoms with van der Waals surface area (Å²) in [5, 5.41) is 0. The summed E-state index contributed by atoms with van der Waals surface area (Å²) in [6.07, 6.45) is 6.76. The van der Waals surface area contributed by atoms with Crippen LogP contribution in [0, 0.1) is 26.7 Å². The molecule has 1 aromatic heterocycles. The maximum absolute atomic E-state index is 12.7. The lowest BCUT2D eigenvalue weighted by Crippen LogP contribution is -2.34. The van der Waals surface area contributed by atoms with Gasteiger partial charge in [0.25, 0.3) is 0 Å². The van der Waals surface area contributed by atoms with Crippen molar-refractivity contribution >= 4 is 5.91 Å². The van der Waals surface area contributed by atoms with Gasteiger partial charge in [0.1, 0.15) is 5.82 Å². The highest BCUT2D eigenvalue weighted by Gasteiger charge is 2.33. The van der Waals surface area contributed by atoms with Crippen LogP contribution in [0.15, 0.2) is 24.5 Å². The number of carbonyl (C=O) groups excluding carboxylic acids is 1. The summed E-state index contributed by atoms with van der Waals surface area (Å²) in [6.45, 7) is 12.1. The van der Waals surface area contributed by atoms with Gasteiger partial charge in [-0.15, -0.1) is 0 Å². The third-order valence-corrected chi connectivity index (χ3v) is 5.17. The van der Waals surface area contributed by atoms with Crippen LogP contribution in [0.25, 0.3) is 0 Å². The van der Waals surface area contributed by atoms with E-state index in [0.29, 0.717) is 24.9 Å². The molecule has 1 aliphatic rings.